The van der Waals surface area contributed by atoms with E-state index >= 15 is 0 Å². The van der Waals surface area contributed by atoms with Crippen LogP contribution in [0.5, 0.6) is 0 Å². The Labute approximate surface area is 105 Å². The van der Waals surface area contributed by atoms with Crippen molar-refractivity contribution in [3.8, 4) is 0 Å². The average Bonchev–Trinajstić information content (AvgIpc) is 2.38. The molecule has 1 atom stereocenters. The maximum atomic E-state index is 13.0. The third kappa shape index (κ3) is 2.45. The van der Waals surface area contributed by atoms with Crippen molar-refractivity contribution in [2.75, 3.05) is 0 Å². The minimum absolute atomic E-state index is 0.0359. The fourth-order valence-electron chi connectivity index (χ4n) is 1.90. The molecule has 1 aromatic carbocycles. The van der Waals surface area contributed by atoms with Crippen molar-refractivity contribution in [1.82, 2.24) is 4.98 Å². The lowest BCUT2D eigenvalue weighted by Gasteiger charge is -2.11. The van der Waals surface area contributed by atoms with Crippen LogP contribution >= 0.6 is 0 Å². The molecule has 18 heavy (non-hydrogen) atoms. The molecule has 0 N–H and O–H groups in total. The fourth-order valence-corrected chi connectivity index (χ4v) is 1.90. The molecule has 0 spiro atoms. The van der Waals surface area contributed by atoms with E-state index in [1.54, 1.807) is 13.1 Å². The highest BCUT2D eigenvalue weighted by Gasteiger charge is 2.19. The van der Waals surface area contributed by atoms with E-state index in [2.05, 4.69) is 4.98 Å². The van der Waals surface area contributed by atoms with Crippen molar-refractivity contribution in [2.24, 2.45) is 0 Å². The van der Waals surface area contributed by atoms with E-state index < -0.39 is 0 Å². The number of aromatic nitrogens is 1. The predicted molar refractivity (Wildman–Crippen MR) is 68.1 cm³/mol. The zero-order chi connectivity index (χ0) is 13.1. The SMILES string of the molecule is Cc1cc(F)ccc1C(=O)C(C)c1ccccn1. The number of ketones is 1. The molecule has 1 unspecified atom stereocenters. The van der Waals surface area contributed by atoms with Crippen LogP contribution in [0.15, 0.2) is 42.6 Å². The number of aryl methyl sites for hydroxylation is 1. The van der Waals surface area contributed by atoms with Crippen molar-refractivity contribution in [2.45, 2.75) is 19.8 Å². The van der Waals surface area contributed by atoms with Gasteiger partial charge >= 0.3 is 0 Å². The molecule has 2 aromatic rings. The Balaban J connectivity index is 2.32. The van der Waals surface area contributed by atoms with Gasteiger partial charge in [0.15, 0.2) is 5.78 Å². The number of carbonyl (C=O) groups is 1. The van der Waals surface area contributed by atoms with Gasteiger partial charge in [-0.05, 0) is 49.7 Å². The second kappa shape index (κ2) is 5.08. The third-order valence-electron chi connectivity index (χ3n) is 2.98. The molecule has 0 saturated carbocycles. The highest BCUT2D eigenvalue weighted by molar-refractivity contribution is 6.01. The van der Waals surface area contributed by atoms with Crippen molar-refractivity contribution in [3.05, 3.63) is 65.2 Å². The summed E-state index contributed by atoms with van der Waals surface area (Å²) in [5.41, 5.74) is 1.93. The smallest absolute Gasteiger partial charge is 0.171 e. The van der Waals surface area contributed by atoms with Gasteiger partial charge in [-0.3, -0.25) is 9.78 Å². The lowest BCUT2D eigenvalue weighted by molar-refractivity contribution is 0.0964. The highest BCUT2D eigenvalue weighted by Crippen LogP contribution is 2.21. The maximum absolute atomic E-state index is 13.0. The first-order valence-corrected chi connectivity index (χ1v) is 5.81. The summed E-state index contributed by atoms with van der Waals surface area (Å²) < 4.78 is 13.0. The van der Waals surface area contributed by atoms with E-state index in [4.69, 9.17) is 0 Å². The van der Waals surface area contributed by atoms with Gasteiger partial charge in [-0.1, -0.05) is 6.07 Å². The zero-order valence-electron chi connectivity index (χ0n) is 10.4. The lowest BCUT2D eigenvalue weighted by atomic mass is 9.93. The molecular formula is C15H14FNO. The number of nitrogens with zero attached hydrogens (tertiary/aromatic N) is 1. The molecule has 2 rings (SSSR count). The first-order valence-electron chi connectivity index (χ1n) is 5.81. The molecule has 0 aliphatic rings. The van der Waals surface area contributed by atoms with Crippen molar-refractivity contribution in [1.29, 1.82) is 0 Å². The van der Waals surface area contributed by atoms with E-state index in [9.17, 15) is 9.18 Å². The van der Waals surface area contributed by atoms with Crippen LogP contribution in [0.1, 0.15) is 34.5 Å². The molecular weight excluding hydrogens is 229 g/mol. The quantitative estimate of drug-likeness (QED) is 0.772. The summed E-state index contributed by atoms with van der Waals surface area (Å²) in [7, 11) is 0. The van der Waals surface area contributed by atoms with Crippen LogP contribution < -0.4 is 0 Å². The molecule has 0 saturated heterocycles. The Morgan fingerprint density at radius 2 is 2.06 bits per heavy atom. The summed E-state index contributed by atoms with van der Waals surface area (Å²) in [6.07, 6.45) is 1.66. The van der Waals surface area contributed by atoms with Crippen molar-refractivity contribution >= 4 is 5.78 Å². The molecule has 2 nitrogen and oxygen atoms in total. The Bertz CT molecular complexity index is 566. The first-order chi connectivity index (χ1) is 8.59. The second-order valence-corrected chi connectivity index (χ2v) is 4.30. The van der Waals surface area contributed by atoms with Gasteiger partial charge < -0.3 is 0 Å². The normalized spacial score (nSPS) is 12.2. The molecule has 3 heteroatoms. The van der Waals surface area contributed by atoms with E-state index in [-0.39, 0.29) is 17.5 Å². The van der Waals surface area contributed by atoms with Crippen molar-refractivity contribution in [3.63, 3.8) is 0 Å². The van der Waals surface area contributed by atoms with Gasteiger partial charge in [0.1, 0.15) is 5.82 Å². The molecule has 0 aliphatic heterocycles. The fraction of sp³-hybridized carbons (Fsp3) is 0.200. The average molecular weight is 243 g/mol. The van der Waals surface area contributed by atoms with Gasteiger partial charge in [0.25, 0.3) is 0 Å². The van der Waals surface area contributed by atoms with E-state index in [0.717, 1.165) is 5.69 Å². The van der Waals surface area contributed by atoms with E-state index in [0.29, 0.717) is 11.1 Å². The summed E-state index contributed by atoms with van der Waals surface area (Å²) in [5, 5.41) is 0. The van der Waals surface area contributed by atoms with E-state index in [1.165, 1.54) is 18.2 Å². The number of pyridine rings is 1. The van der Waals surface area contributed by atoms with Gasteiger partial charge in [0.05, 0.1) is 11.6 Å². The number of hydrogen-bond donors (Lipinski definition) is 0. The summed E-state index contributed by atoms with van der Waals surface area (Å²) in [4.78, 5) is 16.5. The molecule has 1 heterocycles. The minimum atomic E-state index is -0.325. The molecule has 92 valence electrons. The summed E-state index contributed by atoms with van der Waals surface area (Å²) in [6.45, 7) is 3.55. The van der Waals surface area contributed by atoms with Crippen LogP contribution in [-0.2, 0) is 0 Å². The van der Waals surface area contributed by atoms with Gasteiger partial charge in [-0.2, -0.15) is 0 Å². The standard InChI is InChI=1S/C15H14FNO/c1-10-9-12(16)6-7-13(10)15(18)11(2)14-5-3-4-8-17-14/h3-9,11H,1-2H3. The Morgan fingerprint density at radius 1 is 1.28 bits per heavy atom. The molecule has 0 radical (unpaired) electrons. The Morgan fingerprint density at radius 3 is 2.67 bits per heavy atom. The molecule has 0 amide bonds. The number of carbonyl (C=O) groups excluding carboxylic acids is 1. The predicted octanol–water partition coefficient (Wildman–Crippen LogP) is 3.52. The molecule has 0 aliphatic carbocycles. The van der Waals surface area contributed by atoms with Crippen LogP contribution in [0.3, 0.4) is 0 Å². The first kappa shape index (κ1) is 12.4. The molecule has 0 fully saturated rings. The largest absolute Gasteiger partial charge is 0.293 e. The number of benzene rings is 1. The lowest BCUT2D eigenvalue weighted by Crippen LogP contribution is -2.12. The topological polar surface area (TPSA) is 30.0 Å². The van der Waals surface area contributed by atoms with Crippen LogP contribution in [0.2, 0.25) is 0 Å². The molecule has 0 bridgehead atoms. The van der Waals surface area contributed by atoms with Gasteiger partial charge in [-0.15, -0.1) is 0 Å². The van der Waals surface area contributed by atoms with Crippen LogP contribution in [-0.4, -0.2) is 10.8 Å². The maximum Gasteiger partial charge on any atom is 0.171 e. The van der Waals surface area contributed by atoms with Gasteiger partial charge in [-0.25, -0.2) is 4.39 Å². The summed E-state index contributed by atoms with van der Waals surface area (Å²) in [6, 6.07) is 9.70. The summed E-state index contributed by atoms with van der Waals surface area (Å²) in [5.74, 6) is -0.684. The van der Waals surface area contributed by atoms with Gasteiger partial charge in [0, 0.05) is 11.8 Å². The Hall–Kier alpha value is -2.03. The van der Waals surface area contributed by atoms with Crippen molar-refractivity contribution < 1.29 is 9.18 Å². The Kier molecular flexibility index (Phi) is 3.51. The van der Waals surface area contributed by atoms with Crippen LogP contribution in [0, 0.1) is 12.7 Å². The number of hydrogen-bond acceptors (Lipinski definition) is 2. The van der Waals surface area contributed by atoms with Gasteiger partial charge in [0.2, 0.25) is 0 Å². The van der Waals surface area contributed by atoms with E-state index in [1.807, 2.05) is 25.1 Å². The van der Waals surface area contributed by atoms with Crippen LogP contribution in [0.4, 0.5) is 4.39 Å². The number of Topliss-reactive ketones (excluding diaryl/α,β-unsaturated/α-hetero) is 1. The summed E-state index contributed by atoms with van der Waals surface area (Å²) >= 11 is 0. The molecule has 1 aromatic heterocycles. The zero-order valence-corrected chi connectivity index (χ0v) is 10.4. The van der Waals surface area contributed by atoms with Crippen LogP contribution in [0.25, 0.3) is 0 Å². The minimum Gasteiger partial charge on any atom is -0.293 e. The third-order valence-corrected chi connectivity index (χ3v) is 2.98. The second-order valence-electron chi connectivity index (χ2n) is 4.30. The number of rotatable bonds is 3. The number of halogens is 1. The highest BCUT2D eigenvalue weighted by atomic mass is 19.1. The monoisotopic (exact) mass is 243 g/mol.